The van der Waals surface area contributed by atoms with Gasteiger partial charge in [-0.2, -0.15) is 0 Å². The van der Waals surface area contributed by atoms with Crippen molar-refractivity contribution in [2.24, 2.45) is 0 Å². The van der Waals surface area contributed by atoms with Crippen LogP contribution in [0, 0.1) is 0 Å². The Morgan fingerprint density at radius 3 is 2.76 bits per heavy atom. The average Bonchev–Trinajstić information content (AvgIpc) is 2.28. The molecular weight excluding hydrogens is 244 g/mol. The van der Waals surface area contributed by atoms with Crippen molar-refractivity contribution in [3.63, 3.8) is 0 Å². The van der Waals surface area contributed by atoms with Crippen molar-refractivity contribution in [2.75, 3.05) is 11.1 Å². The van der Waals surface area contributed by atoms with E-state index in [1.54, 1.807) is 18.2 Å². The van der Waals surface area contributed by atoms with Crippen LogP contribution in [0.3, 0.4) is 0 Å². The Morgan fingerprint density at radius 1 is 1.53 bits per heavy atom. The predicted molar refractivity (Wildman–Crippen MR) is 63.0 cm³/mol. The zero-order chi connectivity index (χ0) is 12.8. The monoisotopic (exact) mass is 256 g/mol. The fourth-order valence-electron chi connectivity index (χ4n) is 0.982. The van der Waals surface area contributed by atoms with E-state index in [1.807, 2.05) is 0 Å². The number of carbonyl (C=O) groups is 2. The second kappa shape index (κ2) is 6.09. The topological polar surface area (TPSA) is 96.4 Å². The number of rotatable bonds is 5. The molecule has 17 heavy (non-hydrogen) atoms. The number of anilines is 1. The van der Waals surface area contributed by atoms with Crippen LogP contribution in [0.2, 0.25) is 0 Å². The molecular formula is C10H12N2O4S. The minimum atomic E-state index is -1.74. The van der Waals surface area contributed by atoms with Gasteiger partial charge < -0.3 is 10.4 Å². The van der Waals surface area contributed by atoms with Crippen LogP contribution in [-0.2, 0) is 20.4 Å². The van der Waals surface area contributed by atoms with E-state index < -0.39 is 27.9 Å². The van der Waals surface area contributed by atoms with E-state index in [0.29, 0.717) is 5.82 Å². The second-order valence-electron chi connectivity index (χ2n) is 3.27. The zero-order valence-electron chi connectivity index (χ0n) is 9.12. The fraction of sp³-hybridized carbons (Fsp3) is 0.300. The Labute approximate surface area is 101 Å². The van der Waals surface area contributed by atoms with Gasteiger partial charge in [-0.1, -0.05) is 6.07 Å². The minimum Gasteiger partial charge on any atom is -0.480 e. The Balaban J connectivity index is 2.51. The molecule has 1 amide bonds. The lowest BCUT2D eigenvalue weighted by Crippen LogP contribution is -2.29. The molecule has 92 valence electrons. The van der Waals surface area contributed by atoms with Crippen molar-refractivity contribution < 1.29 is 18.9 Å². The number of amides is 1. The van der Waals surface area contributed by atoms with Gasteiger partial charge >= 0.3 is 5.97 Å². The van der Waals surface area contributed by atoms with Gasteiger partial charge in [0.1, 0.15) is 16.8 Å². The molecule has 1 heterocycles. The van der Waals surface area contributed by atoms with Crippen molar-refractivity contribution in [2.45, 2.75) is 12.2 Å². The second-order valence-corrected chi connectivity index (χ2v) is 5.03. The third kappa shape index (κ3) is 4.31. The van der Waals surface area contributed by atoms with Crippen molar-refractivity contribution >= 4 is 28.5 Å². The van der Waals surface area contributed by atoms with Crippen molar-refractivity contribution in [1.82, 2.24) is 4.98 Å². The molecule has 0 aromatic carbocycles. The highest BCUT2D eigenvalue weighted by Gasteiger charge is 2.21. The minimum absolute atomic E-state index is 0.345. The van der Waals surface area contributed by atoms with E-state index in [2.05, 4.69) is 10.3 Å². The van der Waals surface area contributed by atoms with E-state index in [-0.39, 0.29) is 5.75 Å². The van der Waals surface area contributed by atoms with Gasteiger partial charge in [0.05, 0.1) is 0 Å². The molecule has 1 aromatic heterocycles. The Hall–Kier alpha value is -1.76. The highest BCUT2D eigenvalue weighted by Crippen LogP contribution is 2.01. The number of aliphatic carboxylic acids is 1. The summed E-state index contributed by atoms with van der Waals surface area (Å²) in [5, 5.41) is 9.98. The molecule has 0 bridgehead atoms. The van der Waals surface area contributed by atoms with E-state index in [0.717, 1.165) is 0 Å². The van der Waals surface area contributed by atoms with Crippen molar-refractivity contribution in [3.05, 3.63) is 24.4 Å². The molecule has 0 spiro atoms. The van der Waals surface area contributed by atoms with Crippen LogP contribution >= 0.6 is 0 Å². The smallest absolute Gasteiger partial charge is 0.318 e. The number of carbonyl (C=O) groups excluding carboxylic acids is 1. The molecule has 0 fully saturated rings. The van der Waals surface area contributed by atoms with Gasteiger partial charge in [0.15, 0.2) is 0 Å². The van der Waals surface area contributed by atoms with Crippen LogP contribution in [-0.4, -0.2) is 37.2 Å². The summed E-state index contributed by atoms with van der Waals surface area (Å²) >= 11 is 0. The van der Waals surface area contributed by atoms with Crippen molar-refractivity contribution in [3.8, 4) is 0 Å². The molecule has 0 saturated carbocycles. The van der Waals surface area contributed by atoms with Crippen LogP contribution in [0.15, 0.2) is 24.4 Å². The molecule has 2 atom stereocenters. The first kappa shape index (κ1) is 13.3. The SMILES string of the molecule is CC(C(=O)O)S(=O)CC(=O)Nc1ccccn1. The number of carboxylic acids is 1. The first-order chi connectivity index (χ1) is 8.00. The first-order valence-electron chi connectivity index (χ1n) is 4.81. The van der Waals surface area contributed by atoms with Gasteiger partial charge in [-0.05, 0) is 19.1 Å². The van der Waals surface area contributed by atoms with Crippen LogP contribution in [0.5, 0.6) is 0 Å². The molecule has 0 aliphatic carbocycles. The lowest BCUT2D eigenvalue weighted by molar-refractivity contribution is -0.136. The maximum absolute atomic E-state index is 11.4. The summed E-state index contributed by atoms with van der Waals surface area (Å²) in [4.78, 5) is 25.8. The summed E-state index contributed by atoms with van der Waals surface area (Å²) in [5.74, 6) is -1.72. The number of nitrogens with zero attached hydrogens (tertiary/aromatic N) is 1. The molecule has 0 aliphatic heterocycles. The third-order valence-corrected chi connectivity index (χ3v) is 3.48. The molecule has 0 saturated heterocycles. The summed E-state index contributed by atoms with van der Waals surface area (Å²) in [7, 11) is -1.74. The summed E-state index contributed by atoms with van der Waals surface area (Å²) in [6.45, 7) is 1.30. The summed E-state index contributed by atoms with van der Waals surface area (Å²) in [5.41, 5.74) is 0. The number of carboxylic acid groups (broad SMARTS) is 1. The highest BCUT2D eigenvalue weighted by atomic mass is 32.2. The molecule has 2 unspecified atom stereocenters. The zero-order valence-corrected chi connectivity index (χ0v) is 9.94. The third-order valence-electron chi connectivity index (χ3n) is 1.95. The number of hydrogen-bond acceptors (Lipinski definition) is 4. The van der Waals surface area contributed by atoms with E-state index in [9.17, 15) is 13.8 Å². The number of nitrogens with one attached hydrogen (secondary N) is 1. The van der Waals surface area contributed by atoms with Gasteiger partial charge in [0.25, 0.3) is 0 Å². The largest absolute Gasteiger partial charge is 0.480 e. The maximum Gasteiger partial charge on any atom is 0.318 e. The summed E-state index contributed by atoms with van der Waals surface area (Å²) < 4.78 is 11.4. The van der Waals surface area contributed by atoms with Crippen LogP contribution in [0.1, 0.15) is 6.92 Å². The lowest BCUT2D eigenvalue weighted by Gasteiger charge is -2.06. The number of hydrogen-bond donors (Lipinski definition) is 2. The van der Waals surface area contributed by atoms with Gasteiger partial charge in [-0.15, -0.1) is 0 Å². The van der Waals surface area contributed by atoms with E-state index in [1.165, 1.54) is 13.1 Å². The highest BCUT2D eigenvalue weighted by molar-refractivity contribution is 7.87. The van der Waals surface area contributed by atoms with Gasteiger partial charge in [0.2, 0.25) is 5.91 Å². The molecule has 0 aliphatic rings. The average molecular weight is 256 g/mol. The molecule has 7 heteroatoms. The van der Waals surface area contributed by atoms with E-state index in [4.69, 9.17) is 5.11 Å². The van der Waals surface area contributed by atoms with Crippen LogP contribution in [0.4, 0.5) is 5.82 Å². The van der Waals surface area contributed by atoms with E-state index >= 15 is 0 Å². The van der Waals surface area contributed by atoms with Crippen LogP contribution in [0.25, 0.3) is 0 Å². The van der Waals surface area contributed by atoms with Gasteiger partial charge in [-0.25, -0.2) is 4.98 Å². The lowest BCUT2D eigenvalue weighted by atomic mass is 10.4. The molecule has 6 nitrogen and oxygen atoms in total. The molecule has 1 rings (SSSR count). The van der Waals surface area contributed by atoms with Crippen molar-refractivity contribution in [1.29, 1.82) is 0 Å². The Bertz CT molecular complexity index is 435. The summed E-state index contributed by atoms with van der Waals surface area (Å²) in [6.07, 6.45) is 1.51. The normalized spacial score (nSPS) is 13.7. The quantitative estimate of drug-likeness (QED) is 0.786. The van der Waals surface area contributed by atoms with Gasteiger partial charge in [-0.3, -0.25) is 13.8 Å². The van der Waals surface area contributed by atoms with Gasteiger partial charge in [0, 0.05) is 17.0 Å². The Kier molecular flexibility index (Phi) is 4.77. The molecule has 2 N–H and O–H groups in total. The predicted octanol–water partition coefficient (Wildman–Crippen LogP) is 0.242. The Morgan fingerprint density at radius 2 is 2.24 bits per heavy atom. The standard InChI is InChI=1S/C10H12N2O4S/c1-7(10(14)15)17(16)6-9(13)12-8-4-2-3-5-11-8/h2-5,7H,6H2,1H3,(H,14,15)(H,11,12,13). The summed E-state index contributed by atoms with van der Waals surface area (Å²) in [6, 6.07) is 4.97. The number of pyridine rings is 1. The van der Waals surface area contributed by atoms with Crippen LogP contribution < -0.4 is 5.32 Å². The number of aromatic nitrogens is 1. The first-order valence-corrected chi connectivity index (χ1v) is 6.20. The maximum atomic E-state index is 11.4. The fourth-order valence-corrected chi connectivity index (χ4v) is 1.79. The molecule has 0 radical (unpaired) electrons. The molecule has 1 aromatic rings.